The van der Waals surface area contributed by atoms with Gasteiger partial charge in [-0.25, -0.2) is 0 Å². The van der Waals surface area contributed by atoms with E-state index < -0.39 is 8.07 Å². The average Bonchev–Trinajstić information content (AvgIpc) is 3.00. The zero-order valence-electron chi connectivity index (χ0n) is 14.4. The van der Waals surface area contributed by atoms with Crippen LogP contribution in [0, 0.1) is 0 Å². The molecule has 23 heavy (non-hydrogen) atoms. The zero-order chi connectivity index (χ0) is 16.5. The summed E-state index contributed by atoms with van der Waals surface area (Å²) in [6.45, 7) is 7.80. The van der Waals surface area contributed by atoms with Gasteiger partial charge in [0.15, 0.2) is 0 Å². The molecule has 1 heterocycles. The van der Waals surface area contributed by atoms with E-state index in [2.05, 4.69) is 85.2 Å². The van der Waals surface area contributed by atoms with Crippen LogP contribution < -0.4 is 4.90 Å². The Balaban J connectivity index is 2.16. The van der Waals surface area contributed by atoms with Crippen LogP contribution in [-0.2, 0) is 5.54 Å². The van der Waals surface area contributed by atoms with Gasteiger partial charge in [-0.2, -0.15) is 0 Å². The van der Waals surface area contributed by atoms with E-state index in [9.17, 15) is 5.11 Å². The van der Waals surface area contributed by atoms with Crippen molar-refractivity contribution in [3.63, 3.8) is 0 Å². The van der Waals surface area contributed by atoms with Crippen molar-refractivity contribution >= 4 is 13.8 Å². The molecule has 0 spiro atoms. The molecule has 1 N–H and O–H groups in total. The average molecular weight is 326 g/mol. The highest BCUT2D eigenvalue weighted by atomic mass is 28.3. The number of hydrogen-bond donors (Lipinski definition) is 1. The molecule has 0 aliphatic carbocycles. The van der Waals surface area contributed by atoms with E-state index in [1.54, 1.807) is 0 Å². The van der Waals surface area contributed by atoms with Gasteiger partial charge >= 0.3 is 0 Å². The van der Waals surface area contributed by atoms with Crippen molar-refractivity contribution in [2.45, 2.75) is 43.7 Å². The maximum atomic E-state index is 11.4. The van der Waals surface area contributed by atoms with E-state index in [1.807, 2.05) is 0 Å². The number of hydrogen-bond acceptors (Lipinski definition) is 2. The van der Waals surface area contributed by atoms with Crippen molar-refractivity contribution in [2.24, 2.45) is 0 Å². The van der Waals surface area contributed by atoms with E-state index in [0.29, 0.717) is 0 Å². The van der Waals surface area contributed by atoms with Crippen LogP contribution in [0.25, 0.3) is 0 Å². The van der Waals surface area contributed by atoms with Gasteiger partial charge in [0.25, 0.3) is 0 Å². The first-order valence-corrected chi connectivity index (χ1v) is 12.1. The number of nitrogens with zero attached hydrogens (tertiary/aromatic N) is 1. The van der Waals surface area contributed by atoms with Crippen molar-refractivity contribution in [3.8, 4) is 0 Å². The lowest BCUT2D eigenvalue weighted by atomic mass is 9.87. The van der Waals surface area contributed by atoms with Gasteiger partial charge in [-0.3, -0.25) is 0 Å². The molecule has 1 unspecified atom stereocenters. The smallest absolute Gasteiger partial charge is 0.0882 e. The Kier molecular flexibility index (Phi) is 4.34. The van der Waals surface area contributed by atoms with Gasteiger partial charge in [0.05, 0.1) is 19.3 Å². The molecule has 3 heteroatoms. The van der Waals surface area contributed by atoms with Crippen molar-refractivity contribution in [1.29, 1.82) is 0 Å². The molecule has 0 radical (unpaired) electrons. The number of rotatable bonds is 4. The van der Waals surface area contributed by atoms with E-state index in [0.717, 1.165) is 19.4 Å². The maximum absolute atomic E-state index is 11.4. The van der Waals surface area contributed by atoms with Crippen LogP contribution >= 0.6 is 0 Å². The maximum Gasteiger partial charge on any atom is 0.0882 e. The Morgan fingerprint density at radius 2 is 1.52 bits per heavy atom. The molecule has 3 rings (SSSR count). The van der Waals surface area contributed by atoms with E-state index in [-0.39, 0.29) is 11.3 Å². The summed E-state index contributed by atoms with van der Waals surface area (Å²) in [7, 11) is -1.74. The Morgan fingerprint density at radius 1 is 0.957 bits per heavy atom. The minimum Gasteiger partial charge on any atom is -0.394 e. The molecule has 1 saturated heterocycles. The topological polar surface area (TPSA) is 23.5 Å². The van der Waals surface area contributed by atoms with Gasteiger partial charge in [-0.15, -0.1) is 0 Å². The molecule has 1 aliphatic heterocycles. The van der Waals surface area contributed by atoms with E-state index in [1.165, 1.54) is 11.3 Å². The third-order valence-corrected chi connectivity index (χ3v) is 7.15. The summed E-state index contributed by atoms with van der Waals surface area (Å²) in [5.41, 5.74) is 1.86. The molecule has 1 aliphatic rings. The summed E-state index contributed by atoms with van der Waals surface area (Å²) >= 11 is 0. The molecular formula is C20H27NOSi. The van der Waals surface area contributed by atoms with Gasteiger partial charge in [-0.1, -0.05) is 68.2 Å². The minimum atomic E-state index is -1.74. The Bertz CT molecular complexity index is 638. The summed E-state index contributed by atoms with van der Waals surface area (Å²) in [4.78, 5) is 2.45. The third-order valence-electron chi connectivity index (χ3n) is 5.04. The van der Waals surface area contributed by atoms with E-state index >= 15 is 0 Å². The summed E-state index contributed by atoms with van der Waals surface area (Å²) in [5.74, 6) is 0. The van der Waals surface area contributed by atoms with Crippen LogP contribution in [-0.4, -0.2) is 25.5 Å². The summed E-state index contributed by atoms with van der Waals surface area (Å²) in [6.07, 6.45) is 2.13. The van der Waals surface area contributed by atoms with Crippen LogP contribution in [0.3, 0.4) is 0 Å². The Morgan fingerprint density at radius 3 is 2.09 bits per heavy atom. The fraction of sp³-hybridized carbons (Fsp3) is 0.400. The largest absolute Gasteiger partial charge is 0.394 e. The molecular weight excluding hydrogens is 298 g/mol. The predicted octanol–water partition coefficient (Wildman–Crippen LogP) is 4.42. The molecule has 0 saturated carbocycles. The molecule has 1 fully saturated rings. The first-order chi connectivity index (χ1) is 11.0. The second kappa shape index (κ2) is 6.14. The fourth-order valence-corrected chi connectivity index (χ4v) is 5.89. The molecule has 2 nitrogen and oxygen atoms in total. The number of para-hydroxylation sites is 1. The van der Waals surface area contributed by atoms with E-state index in [4.69, 9.17) is 0 Å². The molecule has 122 valence electrons. The summed E-state index contributed by atoms with van der Waals surface area (Å²) in [6, 6.07) is 21.2. The fourth-order valence-electron chi connectivity index (χ4n) is 3.99. The SMILES string of the molecule is C[Si](C)(C)C(O)[C@]1(c2ccccc2)CCCN1c1ccccc1. The third kappa shape index (κ3) is 2.84. The van der Waals surface area contributed by atoms with Gasteiger partial charge in [0.2, 0.25) is 0 Å². The van der Waals surface area contributed by atoms with Crippen LogP contribution in [0.4, 0.5) is 5.69 Å². The van der Waals surface area contributed by atoms with Crippen LogP contribution in [0.5, 0.6) is 0 Å². The van der Waals surface area contributed by atoms with Crippen LogP contribution in [0.15, 0.2) is 60.7 Å². The Labute approximate surface area is 140 Å². The number of benzene rings is 2. The number of aliphatic hydroxyl groups excluding tert-OH is 1. The van der Waals surface area contributed by atoms with Crippen LogP contribution in [0.1, 0.15) is 18.4 Å². The normalized spacial score (nSPS) is 23.0. The molecule has 0 amide bonds. The van der Waals surface area contributed by atoms with Crippen molar-refractivity contribution in [3.05, 3.63) is 66.2 Å². The highest BCUT2D eigenvalue weighted by Crippen LogP contribution is 2.46. The first-order valence-electron chi connectivity index (χ1n) is 8.52. The molecule has 0 aromatic heterocycles. The summed E-state index contributed by atoms with van der Waals surface area (Å²) < 4.78 is 0. The second-order valence-corrected chi connectivity index (χ2v) is 12.9. The Hall–Kier alpha value is -1.58. The molecule has 2 aromatic rings. The standard InChI is InChI=1S/C20H27NOSi/c1-23(2,3)19(22)20(17-11-6-4-7-12-17)15-10-16-21(20)18-13-8-5-9-14-18/h4-9,11-14,19,22H,10,15-16H2,1-3H3/t19?,20-/m1/s1. The molecule has 2 atom stereocenters. The lowest BCUT2D eigenvalue weighted by Gasteiger charge is -2.48. The second-order valence-electron chi connectivity index (χ2n) is 7.65. The van der Waals surface area contributed by atoms with Gasteiger partial charge < -0.3 is 10.0 Å². The monoisotopic (exact) mass is 325 g/mol. The first kappa shape index (κ1) is 16.3. The lowest BCUT2D eigenvalue weighted by molar-refractivity contribution is 0.146. The number of aliphatic hydroxyl groups is 1. The summed E-state index contributed by atoms with van der Waals surface area (Å²) in [5, 5.41) is 11.4. The van der Waals surface area contributed by atoms with Crippen molar-refractivity contribution < 1.29 is 5.11 Å². The number of anilines is 1. The van der Waals surface area contributed by atoms with Crippen molar-refractivity contribution in [1.82, 2.24) is 0 Å². The lowest BCUT2D eigenvalue weighted by Crippen LogP contribution is -2.59. The molecule has 0 bridgehead atoms. The zero-order valence-corrected chi connectivity index (χ0v) is 15.4. The minimum absolute atomic E-state index is 0.299. The van der Waals surface area contributed by atoms with Gasteiger partial charge in [0, 0.05) is 12.2 Å². The van der Waals surface area contributed by atoms with Crippen LogP contribution in [0.2, 0.25) is 19.6 Å². The van der Waals surface area contributed by atoms with Gasteiger partial charge in [0.1, 0.15) is 0 Å². The predicted molar refractivity (Wildman–Crippen MR) is 100 cm³/mol. The van der Waals surface area contributed by atoms with Gasteiger partial charge in [-0.05, 0) is 30.5 Å². The molecule has 2 aromatic carbocycles. The highest BCUT2D eigenvalue weighted by Gasteiger charge is 2.52. The van der Waals surface area contributed by atoms with Crippen molar-refractivity contribution in [2.75, 3.05) is 11.4 Å². The highest BCUT2D eigenvalue weighted by molar-refractivity contribution is 6.77. The quantitative estimate of drug-likeness (QED) is 0.841.